The molecule has 60 valence electrons. The van der Waals surface area contributed by atoms with Gasteiger partial charge in [0, 0.05) is 6.42 Å². The zero-order chi connectivity index (χ0) is 7.90. The van der Waals surface area contributed by atoms with E-state index < -0.39 is 0 Å². The highest BCUT2D eigenvalue weighted by atomic mass is 16.3. The van der Waals surface area contributed by atoms with Crippen LogP contribution in [-0.4, -0.2) is 4.98 Å². The molecule has 1 aliphatic carbocycles. The van der Waals surface area contributed by atoms with Crippen LogP contribution in [0, 0.1) is 5.41 Å². The minimum atomic E-state index is 0.421. The molecule has 0 bridgehead atoms. The lowest BCUT2D eigenvalue weighted by Gasteiger charge is -2.27. The summed E-state index contributed by atoms with van der Waals surface area (Å²) < 4.78 is 5.24. The molecule has 2 rings (SSSR count). The maximum atomic E-state index is 5.24. The number of aromatic nitrogens is 1. The molecule has 0 amide bonds. The molecule has 11 heavy (non-hydrogen) atoms. The smallest absolute Gasteiger partial charge is 0.181 e. The average Bonchev–Trinajstić information content (AvgIpc) is 2.31. The first-order chi connectivity index (χ1) is 5.17. The van der Waals surface area contributed by atoms with E-state index >= 15 is 0 Å². The summed E-state index contributed by atoms with van der Waals surface area (Å²) >= 11 is 0. The largest absolute Gasteiger partial charge is 0.448 e. The molecule has 2 heteroatoms. The minimum Gasteiger partial charge on any atom is -0.448 e. The summed E-state index contributed by atoms with van der Waals surface area (Å²) in [6.07, 6.45) is 4.91. The highest BCUT2D eigenvalue weighted by Crippen LogP contribution is 2.33. The number of aryl methyl sites for hydroxylation is 1. The van der Waals surface area contributed by atoms with E-state index in [0.29, 0.717) is 5.41 Å². The third kappa shape index (κ3) is 1.17. The fourth-order valence-electron chi connectivity index (χ4n) is 1.63. The Hall–Kier alpha value is -0.790. The maximum Gasteiger partial charge on any atom is 0.181 e. The Kier molecular flexibility index (Phi) is 1.31. The van der Waals surface area contributed by atoms with Crippen LogP contribution in [0.2, 0.25) is 0 Å². The van der Waals surface area contributed by atoms with Crippen LogP contribution in [0.4, 0.5) is 0 Å². The quantitative estimate of drug-likeness (QED) is 0.568. The Morgan fingerprint density at radius 3 is 3.18 bits per heavy atom. The van der Waals surface area contributed by atoms with Gasteiger partial charge in [-0.15, -0.1) is 0 Å². The molecule has 1 heterocycles. The maximum absolute atomic E-state index is 5.24. The molecule has 1 aliphatic rings. The van der Waals surface area contributed by atoms with Crippen molar-refractivity contribution in [1.29, 1.82) is 0 Å². The first-order valence-corrected chi connectivity index (χ1v) is 4.09. The van der Waals surface area contributed by atoms with Crippen LogP contribution in [-0.2, 0) is 12.8 Å². The van der Waals surface area contributed by atoms with E-state index in [1.54, 1.807) is 6.39 Å². The lowest BCUT2D eigenvalue weighted by Crippen LogP contribution is -2.21. The Morgan fingerprint density at radius 1 is 1.55 bits per heavy atom. The van der Waals surface area contributed by atoms with Gasteiger partial charge < -0.3 is 4.42 Å². The number of hydrogen-bond donors (Lipinski definition) is 0. The van der Waals surface area contributed by atoms with Crippen LogP contribution < -0.4 is 0 Å². The molecule has 0 atom stereocenters. The highest BCUT2D eigenvalue weighted by Gasteiger charge is 2.27. The third-order valence-corrected chi connectivity index (χ3v) is 2.40. The van der Waals surface area contributed by atoms with E-state index in [-0.39, 0.29) is 0 Å². The molecule has 0 aliphatic heterocycles. The molecule has 0 saturated heterocycles. The van der Waals surface area contributed by atoms with Crippen molar-refractivity contribution in [2.45, 2.75) is 33.1 Å². The van der Waals surface area contributed by atoms with Crippen LogP contribution in [0.25, 0.3) is 0 Å². The second-order valence-electron chi connectivity index (χ2n) is 4.06. The van der Waals surface area contributed by atoms with Crippen molar-refractivity contribution >= 4 is 0 Å². The van der Waals surface area contributed by atoms with Crippen LogP contribution in [0.5, 0.6) is 0 Å². The van der Waals surface area contributed by atoms with Crippen molar-refractivity contribution in [2.75, 3.05) is 0 Å². The lowest BCUT2D eigenvalue weighted by molar-refractivity contribution is 0.294. The van der Waals surface area contributed by atoms with Crippen LogP contribution in [0.15, 0.2) is 10.8 Å². The molecule has 0 spiro atoms. The predicted molar refractivity (Wildman–Crippen MR) is 42.3 cm³/mol. The summed E-state index contributed by atoms with van der Waals surface area (Å²) in [5, 5.41) is 0. The normalized spacial score (nSPS) is 21.3. The van der Waals surface area contributed by atoms with Crippen molar-refractivity contribution in [3.05, 3.63) is 17.8 Å². The highest BCUT2D eigenvalue weighted by molar-refractivity contribution is 5.13. The van der Waals surface area contributed by atoms with Gasteiger partial charge in [0.05, 0.1) is 5.69 Å². The van der Waals surface area contributed by atoms with E-state index in [4.69, 9.17) is 4.42 Å². The zero-order valence-corrected chi connectivity index (χ0v) is 7.05. The summed E-state index contributed by atoms with van der Waals surface area (Å²) in [5.41, 5.74) is 1.59. The lowest BCUT2D eigenvalue weighted by atomic mass is 9.78. The van der Waals surface area contributed by atoms with Crippen molar-refractivity contribution in [3.63, 3.8) is 0 Å². The van der Waals surface area contributed by atoms with E-state index in [2.05, 4.69) is 18.8 Å². The van der Waals surface area contributed by atoms with Gasteiger partial charge in [0.1, 0.15) is 5.76 Å². The molecule has 0 unspecified atom stereocenters. The summed E-state index contributed by atoms with van der Waals surface area (Å²) in [6.45, 7) is 4.56. The van der Waals surface area contributed by atoms with Gasteiger partial charge in [0.15, 0.2) is 6.39 Å². The van der Waals surface area contributed by atoms with E-state index in [1.165, 1.54) is 12.1 Å². The Bertz CT molecular complexity index is 262. The van der Waals surface area contributed by atoms with E-state index in [9.17, 15) is 0 Å². The van der Waals surface area contributed by atoms with Gasteiger partial charge in [0.2, 0.25) is 0 Å². The standard InChI is InChI=1S/C9H13NO/c1-9(2)4-3-8-7(5-9)10-6-11-8/h6H,3-5H2,1-2H3. The Balaban J connectivity index is 2.32. The van der Waals surface area contributed by atoms with Gasteiger partial charge in [-0.05, 0) is 18.3 Å². The van der Waals surface area contributed by atoms with Crippen molar-refractivity contribution in [1.82, 2.24) is 4.98 Å². The SMILES string of the molecule is CC1(C)CCc2ocnc2C1. The van der Waals surface area contributed by atoms with Gasteiger partial charge in [-0.25, -0.2) is 4.98 Å². The van der Waals surface area contributed by atoms with Gasteiger partial charge >= 0.3 is 0 Å². The fraction of sp³-hybridized carbons (Fsp3) is 0.667. The number of hydrogen-bond acceptors (Lipinski definition) is 2. The van der Waals surface area contributed by atoms with E-state index in [0.717, 1.165) is 18.6 Å². The van der Waals surface area contributed by atoms with Crippen LogP contribution >= 0.6 is 0 Å². The topological polar surface area (TPSA) is 26.0 Å². The summed E-state index contributed by atoms with van der Waals surface area (Å²) in [4.78, 5) is 4.19. The molecule has 0 N–H and O–H groups in total. The molecule has 0 aromatic carbocycles. The molecule has 0 fully saturated rings. The Labute approximate surface area is 66.6 Å². The average molecular weight is 151 g/mol. The number of fused-ring (bicyclic) bond motifs is 1. The molecular weight excluding hydrogens is 138 g/mol. The summed E-state index contributed by atoms with van der Waals surface area (Å²) in [7, 11) is 0. The molecular formula is C9H13NO. The van der Waals surface area contributed by atoms with E-state index in [1.807, 2.05) is 0 Å². The summed E-state index contributed by atoms with van der Waals surface area (Å²) in [5.74, 6) is 1.10. The third-order valence-electron chi connectivity index (χ3n) is 2.40. The molecule has 1 aromatic rings. The summed E-state index contributed by atoms with van der Waals surface area (Å²) in [6, 6.07) is 0. The molecule has 1 aromatic heterocycles. The first kappa shape index (κ1) is 6.89. The first-order valence-electron chi connectivity index (χ1n) is 4.09. The molecule has 0 saturated carbocycles. The minimum absolute atomic E-state index is 0.421. The second-order valence-corrected chi connectivity index (χ2v) is 4.06. The van der Waals surface area contributed by atoms with Crippen LogP contribution in [0.1, 0.15) is 31.7 Å². The predicted octanol–water partition coefficient (Wildman–Crippen LogP) is 2.19. The zero-order valence-electron chi connectivity index (χ0n) is 7.05. The van der Waals surface area contributed by atoms with Gasteiger partial charge in [-0.1, -0.05) is 13.8 Å². The van der Waals surface area contributed by atoms with Crippen molar-refractivity contribution < 1.29 is 4.42 Å². The fourth-order valence-corrected chi connectivity index (χ4v) is 1.63. The van der Waals surface area contributed by atoms with Crippen LogP contribution in [0.3, 0.4) is 0 Å². The number of oxazole rings is 1. The number of nitrogens with zero attached hydrogens (tertiary/aromatic N) is 1. The number of rotatable bonds is 0. The van der Waals surface area contributed by atoms with Gasteiger partial charge in [0.25, 0.3) is 0 Å². The van der Waals surface area contributed by atoms with Gasteiger partial charge in [-0.3, -0.25) is 0 Å². The van der Waals surface area contributed by atoms with Crippen molar-refractivity contribution in [3.8, 4) is 0 Å². The Morgan fingerprint density at radius 2 is 2.36 bits per heavy atom. The van der Waals surface area contributed by atoms with Gasteiger partial charge in [-0.2, -0.15) is 0 Å². The van der Waals surface area contributed by atoms with Crippen molar-refractivity contribution in [2.24, 2.45) is 5.41 Å². The second kappa shape index (κ2) is 2.10. The molecule has 2 nitrogen and oxygen atoms in total. The monoisotopic (exact) mass is 151 g/mol. The molecule has 0 radical (unpaired) electrons.